The number of primary amides is 1. The first-order chi connectivity index (χ1) is 14.1. The van der Waals surface area contributed by atoms with Crippen molar-refractivity contribution in [3.8, 4) is 11.4 Å². The highest BCUT2D eigenvalue weighted by atomic mass is 16.2. The first kappa shape index (κ1) is 20.7. The number of fused-ring (bicyclic) bond motifs is 1. The zero-order chi connectivity index (χ0) is 20.2. The minimum Gasteiger partial charge on any atom is -0.368 e. The predicted molar refractivity (Wildman–Crippen MR) is 114 cm³/mol. The number of hydrogen-bond donors (Lipinski definition) is 3. The van der Waals surface area contributed by atoms with Crippen LogP contribution < -0.4 is 11.1 Å². The molecule has 3 aromatic heterocycles. The second kappa shape index (κ2) is 8.95. The monoisotopic (exact) mass is 402 g/mol. The van der Waals surface area contributed by atoms with Crippen LogP contribution in [-0.4, -0.2) is 37.8 Å². The quantitative estimate of drug-likeness (QED) is 0.457. The topological polar surface area (TPSA) is 127 Å². The van der Waals surface area contributed by atoms with Crippen LogP contribution in [-0.2, 0) is 11.2 Å². The average Bonchev–Trinajstić information content (AvgIpc) is 3.18. The summed E-state index contributed by atoms with van der Waals surface area (Å²) in [6, 6.07) is 11.6. The van der Waals surface area contributed by atoms with Crippen molar-refractivity contribution in [3.63, 3.8) is 0 Å². The number of nitrogens with two attached hydrogens (primary N) is 1. The molecule has 1 atom stereocenters. The maximum Gasteiger partial charge on any atom is 0.252 e. The Bertz CT molecular complexity index is 1160. The third-order valence-electron chi connectivity index (χ3n) is 4.51. The van der Waals surface area contributed by atoms with Gasteiger partial charge in [0.1, 0.15) is 11.9 Å². The van der Waals surface area contributed by atoms with Gasteiger partial charge in [-0.15, -0.1) is 0 Å². The van der Waals surface area contributed by atoms with Crippen LogP contribution in [0, 0.1) is 0 Å². The molecule has 0 saturated heterocycles. The van der Waals surface area contributed by atoms with Crippen molar-refractivity contribution >= 4 is 22.8 Å². The van der Waals surface area contributed by atoms with Crippen molar-refractivity contribution in [3.05, 3.63) is 78.4 Å². The molecular formula is C22H22N6O2. The molecule has 0 aliphatic heterocycles. The van der Waals surface area contributed by atoms with Crippen LogP contribution in [0.5, 0.6) is 0 Å². The Hall–Kier alpha value is -4.07. The van der Waals surface area contributed by atoms with Crippen LogP contribution in [0.4, 0.5) is 0 Å². The number of H-pyrrole nitrogens is 1. The molecule has 1 aromatic carbocycles. The molecule has 152 valence electrons. The minimum atomic E-state index is -0.837. The predicted octanol–water partition coefficient (Wildman–Crippen LogP) is 2.48. The van der Waals surface area contributed by atoms with Gasteiger partial charge in [-0.05, 0) is 42.0 Å². The zero-order valence-electron chi connectivity index (χ0n) is 15.4. The SMILES string of the molecule is C.NC(=O)[C@H](Cc1cccnc1)NC(=O)c1ccc2nc(-c3ccncc3)[nH]c2c1. The number of benzene rings is 1. The number of amides is 2. The van der Waals surface area contributed by atoms with Crippen LogP contribution >= 0.6 is 0 Å². The highest BCUT2D eigenvalue weighted by Crippen LogP contribution is 2.20. The molecule has 2 amide bonds. The van der Waals surface area contributed by atoms with Crippen molar-refractivity contribution in [2.24, 2.45) is 5.73 Å². The third-order valence-corrected chi connectivity index (χ3v) is 4.51. The number of nitrogens with one attached hydrogen (secondary N) is 2. The van der Waals surface area contributed by atoms with E-state index in [-0.39, 0.29) is 19.8 Å². The lowest BCUT2D eigenvalue weighted by Crippen LogP contribution is -2.45. The number of rotatable bonds is 6. The minimum absolute atomic E-state index is 0. The van der Waals surface area contributed by atoms with E-state index < -0.39 is 11.9 Å². The lowest BCUT2D eigenvalue weighted by molar-refractivity contribution is -0.119. The first-order valence-electron chi connectivity index (χ1n) is 8.99. The van der Waals surface area contributed by atoms with Crippen molar-refractivity contribution in [1.29, 1.82) is 0 Å². The van der Waals surface area contributed by atoms with Gasteiger partial charge < -0.3 is 16.0 Å². The summed E-state index contributed by atoms with van der Waals surface area (Å²) >= 11 is 0. The summed E-state index contributed by atoms with van der Waals surface area (Å²) in [5, 5.41) is 2.70. The molecule has 8 nitrogen and oxygen atoms in total. The van der Waals surface area contributed by atoms with E-state index in [4.69, 9.17) is 5.73 Å². The summed E-state index contributed by atoms with van der Waals surface area (Å²) in [6.45, 7) is 0. The lowest BCUT2D eigenvalue weighted by Gasteiger charge is -2.15. The van der Waals surface area contributed by atoms with E-state index >= 15 is 0 Å². The molecule has 0 fully saturated rings. The van der Waals surface area contributed by atoms with Gasteiger partial charge in [-0.3, -0.25) is 19.6 Å². The molecule has 4 N–H and O–H groups in total. The average molecular weight is 402 g/mol. The molecule has 0 radical (unpaired) electrons. The molecule has 0 unspecified atom stereocenters. The fourth-order valence-corrected chi connectivity index (χ4v) is 3.02. The van der Waals surface area contributed by atoms with Crippen LogP contribution in [0.1, 0.15) is 23.3 Å². The Labute approximate surface area is 173 Å². The molecule has 0 saturated carbocycles. The standard InChI is InChI=1S/C21H18N6O2.CH4/c22-19(28)18(10-13-2-1-7-24-12-13)27-21(29)15-3-4-16-17(11-15)26-20(25-16)14-5-8-23-9-6-14;/h1-9,11-12,18H,10H2,(H2,22,28)(H,25,26)(H,27,29);1H4/t18-;/m0./s1. The number of aromatic nitrogens is 4. The number of carbonyl (C=O) groups is 2. The molecule has 0 bridgehead atoms. The second-order valence-electron chi connectivity index (χ2n) is 6.55. The van der Waals surface area contributed by atoms with E-state index in [2.05, 4.69) is 25.3 Å². The van der Waals surface area contributed by atoms with E-state index in [9.17, 15) is 9.59 Å². The first-order valence-corrected chi connectivity index (χ1v) is 8.99. The van der Waals surface area contributed by atoms with E-state index in [0.29, 0.717) is 16.9 Å². The van der Waals surface area contributed by atoms with Gasteiger partial charge >= 0.3 is 0 Å². The van der Waals surface area contributed by atoms with Gasteiger partial charge in [0.25, 0.3) is 5.91 Å². The number of aromatic amines is 1. The Balaban J connectivity index is 0.00000256. The van der Waals surface area contributed by atoms with E-state index in [1.54, 1.807) is 49.1 Å². The zero-order valence-corrected chi connectivity index (χ0v) is 15.4. The van der Waals surface area contributed by atoms with Gasteiger partial charge in [0.15, 0.2) is 0 Å². The van der Waals surface area contributed by atoms with E-state index in [1.807, 2.05) is 18.2 Å². The fraction of sp³-hybridized carbons (Fsp3) is 0.136. The summed E-state index contributed by atoms with van der Waals surface area (Å²) in [6.07, 6.45) is 6.93. The molecule has 8 heteroatoms. The van der Waals surface area contributed by atoms with Crippen LogP contribution in [0.3, 0.4) is 0 Å². The second-order valence-corrected chi connectivity index (χ2v) is 6.55. The van der Waals surface area contributed by atoms with Crippen LogP contribution in [0.2, 0.25) is 0 Å². The van der Waals surface area contributed by atoms with Crippen molar-refractivity contribution in [2.45, 2.75) is 19.9 Å². The number of hydrogen-bond acceptors (Lipinski definition) is 5. The van der Waals surface area contributed by atoms with Gasteiger partial charge in [0, 0.05) is 42.3 Å². The summed E-state index contributed by atoms with van der Waals surface area (Å²) < 4.78 is 0. The Morgan fingerprint density at radius 1 is 1.07 bits per heavy atom. The van der Waals surface area contributed by atoms with E-state index in [0.717, 1.165) is 16.6 Å². The van der Waals surface area contributed by atoms with Gasteiger partial charge in [0.2, 0.25) is 5.91 Å². The molecule has 30 heavy (non-hydrogen) atoms. The summed E-state index contributed by atoms with van der Waals surface area (Å²) in [7, 11) is 0. The van der Waals surface area contributed by atoms with Crippen molar-refractivity contribution < 1.29 is 9.59 Å². The molecule has 3 heterocycles. The summed E-state index contributed by atoms with van der Waals surface area (Å²) in [5.74, 6) is -0.309. The van der Waals surface area contributed by atoms with E-state index in [1.165, 1.54) is 0 Å². The Morgan fingerprint density at radius 2 is 1.87 bits per heavy atom. The number of imidazole rings is 1. The molecular weight excluding hydrogens is 380 g/mol. The molecule has 0 spiro atoms. The van der Waals surface area contributed by atoms with Gasteiger partial charge in [-0.1, -0.05) is 13.5 Å². The lowest BCUT2D eigenvalue weighted by atomic mass is 10.1. The highest BCUT2D eigenvalue weighted by Gasteiger charge is 2.20. The molecule has 0 aliphatic carbocycles. The maximum absolute atomic E-state index is 12.7. The van der Waals surface area contributed by atoms with Crippen molar-refractivity contribution in [2.75, 3.05) is 0 Å². The molecule has 4 aromatic rings. The third kappa shape index (κ3) is 4.49. The highest BCUT2D eigenvalue weighted by molar-refractivity contribution is 6.00. The van der Waals surface area contributed by atoms with Gasteiger partial charge in [0.05, 0.1) is 11.0 Å². The summed E-state index contributed by atoms with van der Waals surface area (Å²) in [5.41, 5.74) is 9.03. The smallest absolute Gasteiger partial charge is 0.252 e. The normalized spacial score (nSPS) is 11.5. The van der Waals surface area contributed by atoms with Crippen molar-refractivity contribution in [1.82, 2.24) is 25.3 Å². The van der Waals surface area contributed by atoms with Gasteiger partial charge in [-0.2, -0.15) is 0 Å². The molecule has 4 rings (SSSR count). The fourth-order valence-electron chi connectivity index (χ4n) is 3.02. The summed E-state index contributed by atoms with van der Waals surface area (Å²) in [4.78, 5) is 40.3. The van der Waals surface area contributed by atoms with Crippen LogP contribution in [0.15, 0.2) is 67.3 Å². The largest absolute Gasteiger partial charge is 0.368 e. The number of pyridine rings is 2. The maximum atomic E-state index is 12.7. The number of carbonyl (C=O) groups excluding carboxylic acids is 2. The number of nitrogens with zero attached hydrogens (tertiary/aromatic N) is 3. The Morgan fingerprint density at radius 3 is 2.57 bits per heavy atom. The van der Waals surface area contributed by atoms with Gasteiger partial charge in [-0.25, -0.2) is 4.98 Å². The van der Waals surface area contributed by atoms with Crippen LogP contribution in [0.25, 0.3) is 22.4 Å². The Kier molecular flexibility index (Phi) is 6.17. The molecule has 0 aliphatic rings.